The summed E-state index contributed by atoms with van der Waals surface area (Å²) in [6, 6.07) is 0. The van der Waals surface area contributed by atoms with Gasteiger partial charge >= 0.3 is 11.9 Å². The molecule has 2 N–H and O–H groups in total. The molecule has 0 aromatic carbocycles. The van der Waals surface area contributed by atoms with E-state index in [1.54, 1.807) is 18.2 Å². The first-order chi connectivity index (χ1) is 15.1. The molecule has 180 valence electrons. The molecule has 32 heavy (non-hydrogen) atoms. The highest BCUT2D eigenvalue weighted by Gasteiger charge is 2.49. The largest absolute Gasteiger partial charge is 0.455 e. The number of esters is 2. The second-order valence-electron chi connectivity index (χ2n) is 9.46. The molecule has 7 atom stereocenters. The Morgan fingerprint density at radius 1 is 1.31 bits per heavy atom. The fraction of sp³-hybridized carbons (Fsp3) is 0.680. The van der Waals surface area contributed by atoms with E-state index in [-0.39, 0.29) is 36.8 Å². The van der Waals surface area contributed by atoms with Gasteiger partial charge in [0.1, 0.15) is 6.10 Å². The normalized spacial score (nSPS) is 30.7. The molecule has 0 radical (unpaired) electrons. The minimum Gasteiger partial charge on any atom is -0.455 e. The summed E-state index contributed by atoms with van der Waals surface area (Å²) in [7, 11) is 0. The Bertz CT molecular complexity index is 741. The Kier molecular flexibility index (Phi) is 9.67. The molecular weight excluding hydrogens is 412 g/mol. The zero-order valence-corrected chi connectivity index (χ0v) is 19.8. The summed E-state index contributed by atoms with van der Waals surface area (Å²) in [5.74, 6) is -0.761. The van der Waals surface area contributed by atoms with Gasteiger partial charge in [-0.25, -0.2) is 9.59 Å². The van der Waals surface area contributed by atoms with Gasteiger partial charge in [-0.2, -0.15) is 0 Å². The van der Waals surface area contributed by atoms with Crippen molar-refractivity contribution in [3.8, 4) is 0 Å². The van der Waals surface area contributed by atoms with E-state index in [0.717, 1.165) is 18.4 Å². The third-order valence-corrected chi connectivity index (χ3v) is 6.30. The lowest BCUT2D eigenvalue weighted by molar-refractivity contribution is -0.164. The van der Waals surface area contributed by atoms with Gasteiger partial charge in [0.2, 0.25) is 0 Å². The van der Waals surface area contributed by atoms with Crippen molar-refractivity contribution in [1.82, 2.24) is 0 Å². The first kappa shape index (κ1) is 26.3. The summed E-state index contributed by atoms with van der Waals surface area (Å²) in [5, 5.41) is 18.3. The van der Waals surface area contributed by atoms with Gasteiger partial charge in [-0.3, -0.25) is 0 Å². The van der Waals surface area contributed by atoms with Crippen LogP contribution in [0, 0.1) is 17.8 Å². The third-order valence-electron chi connectivity index (χ3n) is 6.30. The Morgan fingerprint density at radius 2 is 2.00 bits per heavy atom. The smallest absolute Gasteiger partial charge is 0.331 e. The number of ether oxygens (including phenoxy) is 3. The molecule has 0 aromatic rings. The maximum Gasteiger partial charge on any atom is 0.331 e. The first-order valence-corrected chi connectivity index (χ1v) is 11.4. The van der Waals surface area contributed by atoms with Crippen LogP contribution in [0.5, 0.6) is 0 Å². The Hall–Kier alpha value is -1.96. The van der Waals surface area contributed by atoms with Crippen molar-refractivity contribution in [3.63, 3.8) is 0 Å². The minimum absolute atomic E-state index is 0.00348. The number of epoxide rings is 1. The van der Waals surface area contributed by atoms with Gasteiger partial charge in [-0.1, -0.05) is 31.6 Å². The van der Waals surface area contributed by atoms with Crippen LogP contribution in [0.1, 0.15) is 53.9 Å². The molecule has 0 aliphatic carbocycles. The van der Waals surface area contributed by atoms with Gasteiger partial charge in [0, 0.05) is 31.3 Å². The Morgan fingerprint density at radius 3 is 2.59 bits per heavy atom. The molecule has 1 saturated heterocycles. The number of rotatable bonds is 12. The van der Waals surface area contributed by atoms with Crippen LogP contribution in [0.3, 0.4) is 0 Å². The molecule has 0 bridgehead atoms. The van der Waals surface area contributed by atoms with Crippen LogP contribution < -0.4 is 0 Å². The molecule has 1 fully saturated rings. The predicted molar refractivity (Wildman–Crippen MR) is 121 cm³/mol. The molecular formula is C25H38O7. The van der Waals surface area contributed by atoms with E-state index in [1.165, 1.54) is 12.2 Å². The molecule has 0 amide bonds. The van der Waals surface area contributed by atoms with E-state index < -0.39 is 24.1 Å². The van der Waals surface area contributed by atoms with E-state index >= 15 is 0 Å². The van der Waals surface area contributed by atoms with Crippen LogP contribution in [-0.4, -0.2) is 59.3 Å². The number of hydrogen-bond acceptors (Lipinski definition) is 7. The van der Waals surface area contributed by atoms with Crippen molar-refractivity contribution in [2.75, 3.05) is 13.2 Å². The predicted octanol–water partition coefficient (Wildman–Crippen LogP) is 3.10. The average Bonchev–Trinajstić information content (AvgIpc) is 3.31. The molecule has 2 rings (SSSR count). The molecule has 2 aliphatic heterocycles. The lowest BCUT2D eigenvalue weighted by Gasteiger charge is -2.32. The molecule has 0 unspecified atom stereocenters. The van der Waals surface area contributed by atoms with Crippen LogP contribution in [0.15, 0.2) is 36.0 Å². The Balaban J connectivity index is 1.95. The fourth-order valence-electron chi connectivity index (χ4n) is 4.39. The minimum atomic E-state index is -0.650. The number of allylic oxidation sites excluding steroid dienone is 2. The summed E-state index contributed by atoms with van der Waals surface area (Å²) in [6.45, 7) is 10.1. The topological polar surface area (TPSA) is 106 Å². The lowest BCUT2D eigenvalue weighted by Crippen LogP contribution is -2.41. The SMILES string of the molecule is CC(/C=C/C(=O)O[C@@H]1C=CC(=O)O[C@@H]1[C@@H](C)C[C@@H](C)C[C@]1(C)O[C@@H]1C)=C\[C@@H](CO)CCO. The van der Waals surface area contributed by atoms with Crippen molar-refractivity contribution < 1.29 is 34.0 Å². The molecule has 0 saturated carbocycles. The zero-order chi connectivity index (χ0) is 23.9. The average molecular weight is 451 g/mol. The summed E-state index contributed by atoms with van der Waals surface area (Å²) in [6.07, 6.45) is 8.88. The highest BCUT2D eigenvalue weighted by atomic mass is 16.6. The first-order valence-electron chi connectivity index (χ1n) is 11.4. The van der Waals surface area contributed by atoms with Crippen molar-refractivity contribution in [3.05, 3.63) is 36.0 Å². The molecule has 0 spiro atoms. The number of cyclic esters (lactones) is 1. The number of carbonyl (C=O) groups excluding carboxylic acids is 2. The van der Waals surface area contributed by atoms with Crippen molar-refractivity contribution in [1.29, 1.82) is 0 Å². The standard InChI is InChI=1S/C25H38O7/c1-16(13-20(15-27)10-11-26)6-8-22(28)30-21-7-9-23(29)31-24(21)18(3)12-17(2)14-25(5)19(4)32-25/h6-9,13,17-21,24,26-27H,10-12,14-15H2,1-5H3/b8-6+,16-13+/t17-,18+,19-,20+,21-,24-,25+/m1/s1. The zero-order valence-electron chi connectivity index (χ0n) is 19.8. The Labute approximate surface area is 191 Å². The lowest BCUT2D eigenvalue weighted by atomic mass is 9.84. The van der Waals surface area contributed by atoms with Crippen LogP contribution in [0.2, 0.25) is 0 Å². The van der Waals surface area contributed by atoms with Crippen molar-refractivity contribution in [2.45, 2.75) is 77.8 Å². The summed E-state index contributed by atoms with van der Waals surface area (Å²) in [4.78, 5) is 24.2. The van der Waals surface area contributed by atoms with Gasteiger partial charge < -0.3 is 24.4 Å². The molecule has 7 nitrogen and oxygen atoms in total. The fourth-order valence-corrected chi connectivity index (χ4v) is 4.39. The number of aliphatic hydroxyl groups excluding tert-OH is 2. The monoisotopic (exact) mass is 450 g/mol. The maximum absolute atomic E-state index is 12.4. The molecule has 0 aromatic heterocycles. The van der Waals surface area contributed by atoms with E-state index in [0.29, 0.717) is 12.3 Å². The van der Waals surface area contributed by atoms with Gasteiger partial charge in [0.25, 0.3) is 0 Å². The summed E-state index contributed by atoms with van der Waals surface area (Å²) in [5.41, 5.74) is 0.708. The van der Waals surface area contributed by atoms with Crippen LogP contribution >= 0.6 is 0 Å². The van der Waals surface area contributed by atoms with Gasteiger partial charge in [-0.15, -0.1) is 0 Å². The molecule has 7 heteroatoms. The maximum atomic E-state index is 12.4. The molecule has 2 aliphatic rings. The second kappa shape index (κ2) is 11.8. The van der Waals surface area contributed by atoms with Crippen LogP contribution in [0.4, 0.5) is 0 Å². The van der Waals surface area contributed by atoms with Crippen LogP contribution in [0.25, 0.3) is 0 Å². The van der Waals surface area contributed by atoms with Crippen LogP contribution in [-0.2, 0) is 23.8 Å². The highest BCUT2D eigenvalue weighted by molar-refractivity contribution is 5.85. The highest BCUT2D eigenvalue weighted by Crippen LogP contribution is 2.42. The van der Waals surface area contributed by atoms with Crippen molar-refractivity contribution in [2.24, 2.45) is 17.8 Å². The number of hydrogen-bond donors (Lipinski definition) is 2. The van der Waals surface area contributed by atoms with Gasteiger partial charge in [-0.05, 0) is 57.9 Å². The van der Waals surface area contributed by atoms with E-state index in [1.807, 2.05) is 13.8 Å². The summed E-state index contributed by atoms with van der Waals surface area (Å²) < 4.78 is 16.8. The molecule has 2 heterocycles. The summed E-state index contributed by atoms with van der Waals surface area (Å²) >= 11 is 0. The van der Waals surface area contributed by atoms with E-state index in [9.17, 15) is 14.7 Å². The number of aliphatic hydroxyl groups is 2. The van der Waals surface area contributed by atoms with Crippen molar-refractivity contribution >= 4 is 11.9 Å². The van der Waals surface area contributed by atoms with E-state index in [4.69, 9.17) is 19.3 Å². The van der Waals surface area contributed by atoms with E-state index in [2.05, 4.69) is 20.8 Å². The third kappa shape index (κ3) is 7.87. The quantitative estimate of drug-likeness (QED) is 0.204. The van der Waals surface area contributed by atoms with Gasteiger partial charge in [0.15, 0.2) is 6.10 Å². The van der Waals surface area contributed by atoms with Gasteiger partial charge in [0.05, 0.1) is 11.7 Å². The number of carbonyl (C=O) groups is 2. The second-order valence-corrected chi connectivity index (χ2v) is 9.46.